The normalized spacial score (nSPS) is 11.9. The largest absolute Gasteiger partial charge is 0.350 e. The van der Waals surface area contributed by atoms with Crippen LogP contribution in [0.25, 0.3) is 0 Å². The molecule has 2 aromatic rings. The van der Waals surface area contributed by atoms with Gasteiger partial charge in [0, 0.05) is 17.7 Å². The van der Waals surface area contributed by atoms with Crippen molar-refractivity contribution in [1.82, 2.24) is 15.3 Å². The second kappa shape index (κ2) is 6.89. The van der Waals surface area contributed by atoms with Crippen molar-refractivity contribution in [3.63, 3.8) is 0 Å². The second-order valence-corrected chi connectivity index (χ2v) is 5.21. The molecule has 6 nitrogen and oxygen atoms in total. The van der Waals surface area contributed by atoms with Crippen LogP contribution in [0.15, 0.2) is 39.9 Å². The predicted octanol–water partition coefficient (Wildman–Crippen LogP) is 1.18. The fourth-order valence-corrected chi connectivity index (χ4v) is 2.30. The van der Waals surface area contributed by atoms with Gasteiger partial charge in [0.15, 0.2) is 0 Å². The van der Waals surface area contributed by atoms with Gasteiger partial charge >= 0.3 is 5.69 Å². The highest BCUT2D eigenvalue weighted by Gasteiger charge is 2.12. The van der Waals surface area contributed by atoms with Crippen LogP contribution in [0.4, 0.5) is 0 Å². The van der Waals surface area contributed by atoms with E-state index in [1.54, 1.807) is 6.92 Å². The monoisotopic (exact) mass is 301 g/mol. The Morgan fingerprint density at radius 1 is 1.18 bits per heavy atom. The molecule has 0 saturated heterocycles. The SMILES string of the molecule is Cc1[nH]c(=O)[nH]c(=O)c1CCC(=O)N[C@@H](C)c1ccccc1. The molecule has 1 amide bonds. The summed E-state index contributed by atoms with van der Waals surface area (Å²) in [6.07, 6.45) is 0.471. The maximum atomic E-state index is 12.0. The van der Waals surface area contributed by atoms with E-state index in [1.807, 2.05) is 37.3 Å². The van der Waals surface area contributed by atoms with Gasteiger partial charge in [0.05, 0.1) is 6.04 Å². The van der Waals surface area contributed by atoms with Gasteiger partial charge in [0.25, 0.3) is 5.56 Å². The summed E-state index contributed by atoms with van der Waals surface area (Å²) in [7, 11) is 0. The summed E-state index contributed by atoms with van der Waals surface area (Å²) in [5.74, 6) is -0.138. The lowest BCUT2D eigenvalue weighted by molar-refractivity contribution is -0.121. The van der Waals surface area contributed by atoms with E-state index < -0.39 is 11.2 Å². The molecule has 0 unspecified atom stereocenters. The summed E-state index contributed by atoms with van der Waals surface area (Å²) in [5, 5.41) is 2.89. The van der Waals surface area contributed by atoms with Crippen molar-refractivity contribution in [2.75, 3.05) is 0 Å². The maximum Gasteiger partial charge on any atom is 0.325 e. The fraction of sp³-hybridized carbons (Fsp3) is 0.312. The first-order chi connectivity index (χ1) is 10.5. The number of hydrogen-bond donors (Lipinski definition) is 3. The molecular formula is C16H19N3O3. The number of carbonyl (C=O) groups excluding carboxylic acids is 1. The Hall–Kier alpha value is -2.63. The number of aromatic amines is 2. The molecular weight excluding hydrogens is 282 g/mol. The summed E-state index contributed by atoms with van der Waals surface area (Å²) >= 11 is 0. The lowest BCUT2D eigenvalue weighted by Gasteiger charge is -2.14. The van der Waals surface area contributed by atoms with Crippen molar-refractivity contribution in [1.29, 1.82) is 0 Å². The third-order valence-electron chi connectivity index (χ3n) is 3.53. The molecule has 0 radical (unpaired) electrons. The summed E-state index contributed by atoms with van der Waals surface area (Å²) in [4.78, 5) is 39.5. The zero-order valence-electron chi connectivity index (χ0n) is 12.6. The molecule has 0 saturated carbocycles. The number of carbonyl (C=O) groups is 1. The van der Waals surface area contributed by atoms with Crippen molar-refractivity contribution in [3.05, 3.63) is 68.0 Å². The molecule has 22 heavy (non-hydrogen) atoms. The zero-order valence-corrected chi connectivity index (χ0v) is 12.6. The molecule has 1 aromatic carbocycles. The maximum absolute atomic E-state index is 12.0. The summed E-state index contributed by atoms with van der Waals surface area (Å²) in [6.45, 7) is 3.56. The molecule has 0 aliphatic carbocycles. The molecule has 6 heteroatoms. The van der Waals surface area contributed by atoms with Gasteiger partial charge in [0.2, 0.25) is 5.91 Å². The molecule has 3 N–H and O–H groups in total. The number of rotatable bonds is 5. The van der Waals surface area contributed by atoms with Crippen LogP contribution >= 0.6 is 0 Å². The molecule has 0 aliphatic heterocycles. The topological polar surface area (TPSA) is 94.8 Å². The van der Waals surface area contributed by atoms with E-state index in [-0.39, 0.29) is 24.8 Å². The molecule has 0 aliphatic rings. The number of nitrogens with one attached hydrogen (secondary N) is 3. The van der Waals surface area contributed by atoms with Gasteiger partial charge in [-0.25, -0.2) is 4.79 Å². The van der Waals surface area contributed by atoms with E-state index in [9.17, 15) is 14.4 Å². The second-order valence-electron chi connectivity index (χ2n) is 5.21. The van der Waals surface area contributed by atoms with Gasteiger partial charge < -0.3 is 10.3 Å². The average Bonchev–Trinajstić information content (AvgIpc) is 2.47. The number of hydrogen-bond acceptors (Lipinski definition) is 3. The van der Waals surface area contributed by atoms with Gasteiger partial charge in [-0.3, -0.25) is 14.6 Å². The van der Waals surface area contributed by atoms with E-state index in [2.05, 4.69) is 15.3 Å². The van der Waals surface area contributed by atoms with E-state index in [0.717, 1.165) is 5.56 Å². The Kier molecular flexibility index (Phi) is 4.93. The number of aromatic nitrogens is 2. The van der Waals surface area contributed by atoms with Crippen molar-refractivity contribution >= 4 is 5.91 Å². The van der Waals surface area contributed by atoms with Crippen LogP contribution in [-0.2, 0) is 11.2 Å². The molecule has 0 bridgehead atoms. The minimum absolute atomic E-state index is 0.0938. The Bertz CT molecular complexity index is 762. The fourth-order valence-electron chi connectivity index (χ4n) is 2.30. The van der Waals surface area contributed by atoms with Crippen LogP contribution in [0.5, 0.6) is 0 Å². The summed E-state index contributed by atoms with van der Waals surface area (Å²) in [5.41, 5.74) is 0.979. The Labute approximate surface area is 127 Å². The lowest BCUT2D eigenvalue weighted by Crippen LogP contribution is -2.30. The van der Waals surface area contributed by atoms with E-state index in [0.29, 0.717) is 11.3 Å². The first-order valence-corrected chi connectivity index (χ1v) is 7.13. The van der Waals surface area contributed by atoms with E-state index in [4.69, 9.17) is 0 Å². The van der Waals surface area contributed by atoms with Gasteiger partial charge in [0.1, 0.15) is 0 Å². The molecule has 0 spiro atoms. The summed E-state index contributed by atoms with van der Waals surface area (Å²) < 4.78 is 0. The van der Waals surface area contributed by atoms with Crippen LogP contribution in [0, 0.1) is 6.92 Å². The van der Waals surface area contributed by atoms with Gasteiger partial charge in [-0.05, 0) is 25.8 Å². The molecule has 1 atom stereocenters. The molecule has 116 valence electrons. The Balaban J connectivity index is 1.96. The van der Waals surface area contributed by atoms with Crippen molar-refractivity contribution in [2.45, 2.75) is 32.7 Å². The highest BCUT2D eigenvalue weighted by atomic mass is 16.2. The van der Waals surface area contributed by atoms with Gasteiger partial charge in [-0.2, -0.15) is 0 Å². The standard InChI is InChI=1S/C16H19N3O3/c1-10(12-6-4-3-5-7-12)17-14(20)9-8-13-11(2)18-16(22)19-15(13)21/h3-7,10H,8-9H2,1-2H3,(H,17,20)(H2,18,19,21,22)/t10-/m0/s1. The first kappa shape index (κ1) is 15.8. The van der Waals surface area contributed by atoms with Crippen molar-refractivity contribution in [2.24, 2.45) is 0 Å². The number of benzene rings is 1. The number of aryl methyl sites for hydroxylation is 1. The number of H-pyrrole nitrogens is 2. The Morgan fingerprint density at radius 2 is 1.86 bits per heavy atom. The van der Waals surface area contributed by atoms with Crippen LogP contribution in [0.3, 0.4) is 0 Å². The smallest absolute Gasteiger partial charge is 0.325 e. The van der Waals surface area contributed by atoms with Crippen molar-refractivity contribution in [3.8, 4) is 0 Å². The minimum atomic E-state index is -0.534. The first-order valence-electron chi connectivity index (χ1n) is 7.13. The molecule has 0 fully saturated rings. The van der Waals surface area contributed by atoms with Gasteiger partial charge in [-0.1, -0.05) is 30.3 Å². The number of amides is 1. The summed E-state index contributed by atoms with van der Waals surface area (Å²) in [6, 6.07) is 9.55. The Morgan fingerprint density at radius 3 is 2.50 bits per heavy atom. The quantitative estimate of drug-likeness (QED) is 0.774. The van der Waals surface area contributed by atoms with Crippen LogP contribution in [0.2, 0.25) is 0 Å². The van der Waals surface area contributed by atoms with Crippen molar-refractivity contribution < 1.29 is 4.79 Å². The van der Waals surface area contributed by atoms with Crippen LogP contribution < -0.4 is 16.6 Å². The van der Waals surface area contributed by atoms with E-state index >= 15 is 0 Å². The third kappa shape index (κ3) is 3.94. The van der Waals surface area contributed by atoms with Gasteiger partial charge in [-0.15, -0.1) is 0 Å². The third-order valence-corrected chi connectivity index (χ3v) is 3.53. The molecule has 2 rings (SSSR count). The van der Waals surface area contributed by atoms with Crippen LogP contribution in [0.1, 0.15) is 36.2 Å². The highest BCUT2D eigenvalue weighted by molar-refractivity contribution is 5.76. The lowest BCUT2D eigenvalue weighted by atomic mass is 10.1. The minimum Gasteiger partial charge on any atom is -0.350 e. The highest BCUT2D eigenvalue weighted by Crippen LogP contribution is 2.11. The average molecular weight is 301 g/mol. The van der Waals surface area contributed by atoms with Crippen LogP contribution in [-0.4, -0.2) is 15.9 Å². The van der Waals surface area contributed by atoms with E-state index in [1.165, 1.54) is 0 Å². The zero-order chi connectivity index (χ0) is 16.1. The molecule has 1 heterocycles. The molecule has 1 aromatic heterocycles. The predicted molar refractivity (Wildman–Crippen MR) is 83.7 cm³/mol.